The Morgan fingerprint density at radius 3 is 1.06 bits per heavy atom. The van der Waals surface area contributed by atoms with E-state index in [1.54, 1.807) is 0 Å². The fourth-order valence-electron chi connectivity index (χ4n) is 4.48. The molecule has 12 nitrogen and oxygen atoms in total. The molecule has 318 valence electrons. The number of aliphatic carboxylic acids is 1. The first-order chi connectivity index (χ1) is 25.3. The number of unbranched alkanes of at least 4 members (excludes halogenated alkanes) is 20. The number of aliphatic hydroxyl groups is 4. The van der Waals surface area contributed by atoms with Gasteiger partial charge in [-0.15, -0.1) is 0 Å². The van der Waals surface area contributed by atoms with Gasteiger partial charge in [-0.05, 0) is 47.0 Å². The Balaban J connectivity index is -0.000000290. The Bertz CT molecular complexity index is 750. The van der Waals surface area contributed by atoms with Crippen molar-refractivity contribution >= 4 is 23.9 Å². The van der Waals surface area contributed by atoms with E-state index < -0.39 is 48.3 Å². The summed E-state index contributed by atoms with van der Waals surface area (Å²) < 4.78 is 14.0. The van der Waals surface area contributed by atoms with Gasteiger partial charge < -0.3 is 39.7 Å². The van der Waals surface area contributed by atoms with Gasteiger partial charge in [0.25, 0.3) is 0 Å². The Morgan fingerprint density at radius 1 is 0.547 bits per heavy atom. The Hall–Kier alpha value is -2.28. The molecule has 1 heterocycles. The van der Waals surface area contributed by atoms with Crippen LogP contribution in [0.3, 0.4) is 0 Å². The molecule has 0 saturated carbocycles. The SMILES string of the molecule is CC(O)C(=O)O.CC1OC(=O)C(C)OC1=O.CCCCCCCCCCO.CCCCCCCCCCO.CCCCCCCCCOC(=O)C(C)O. The first kappa shape index (κ1) is 57.4. The molecule has 1 aliphatic rings. The number of carboxylic acid groups (broad SMARTS) is 1. The average molecular weight is 767 g/mol. The molecule has 1 aliphatic heterocycles. The van der Waals surface area contributed by atoms with Gasteiger partial charge >= 0.3 is 23.9 Å². The van der Waals surface area contributed by atoms with Gasteiger partial charge in [0.05, 0.1) is 6.61 Å². The zero-order valence-corrected chi connectivity index (χ0v) is 34.8. The number of carboxylic acids is 1. The highest BCUT2D eigenvalue weighted by molar-refractivity contribution is 5.86. The molecule has 0 aromatic rings. The number of carbonyl (C=O) groups excluding carboxylic acids is 3. The van der Waals surface area contributed by atoms with Crippen LogP contribution in [0.5, 0.6) is 0 Å². The monoisotopic (exact) mass is 767 g/mol. The lowest BCUT2D eigenvalue weighted by Gasteiger charge is -2.22. The largest absolute Gasteiger partial charge is 0.479 e. The van der Waals surface area contributed by atoms with Crippen LogP contribution >= 0.6 is 0 Å². The van der Waals surface area contributed by atoms with Crippen LogP contribution in [0.2, 0.25) is 0 Å². The Kier molecular flexibility index (Phi) is 49.7. The zero-order valence-electron chi connectivity index (χ0n) is 34.8. The van der Waals surface area contributed by atoms with Gasteiger partial charge in [-0.25, -0.2) is 19.2 Å². The number of rotatable bonds is 26. The number of hydrogen-bond donors (Lipinski definition) is 5. The van der Waals surface area contributed by atoms with Gasteiger partial charge in [0.1, 0.15) is 12.2 Å². The van der Waals surface area contributed by atoms with Gasteiger partial charge in [-0.3, -0.25) is 0 Å². The molecule has 53 heavy (non-hydrogen) atoms. The summed E-state index contributed by atoms with van der Waals surface area (Å²) >= 11 is 0. The maximum absolute atomic E-state index is 10.8. The number of ether oxygens (including phenoxy) is 3. The molecule has 0 amide bonds. The Morgan fingerprint density at radius 2 is 0.811 bits per heavy atom. The number of esters is 3. The van der Waals surface area contributed by atoms with Crippen molar-refractivity contribution in [2.75, 3.05) is 19.8 Å². The molecule has 12 heteroatoms. The lowest BCUT2D eigenvalue weighted by Crippen LogP contribution is -2.40. The molecule has 0 aromatic carbocycles. The molecule has 0 bridgehead atoms. The van der Waals surface area contributed by atoms with Gasteiger partial charge in [0, 0.05) is 13.2 Å². The molecule has 4 atom stereocenters. The molecule has 0 radical (unpaired) electrons. The van der Waals surface area contributed by atoms with Crippen LogP contribution in [0.1, 0.15) is 196 Å². The van der Waals surface area contributed by atoms with Gasteiger partial charge in [-0.2, -0.15) is 0 Å². The summed E-state index contributed by atoms with van der Waals surface area (Å²) in [6, 6.07) is 0. The minimum atomic E-state index is -1.23. The fraction of sp³-hybridized carbons (Fsp3) is 0.902. The maximum Gasteiger partial charge on any atom is 0.347 e. The summed E-state index contributed by atoms with van der Waals surface area (Å²) in [4.78, 5) is 41.6. The third-order valence-corrected chi connectivity index (χ3v) is 7.96. The van der Waals surface area contributed by atoms with Gasteiger partial charge in [0.15, 0.2) is 12.2 Å². The topological polar surface area (TPSA) is 197 Å². The zero-order chi connectivity index (χ0) is 41.1. The third-order valence-electron chi connectivity index (χ3n) is 7.96. The normalized spacial score (nSPS) is 15.6. The summed E-state index contributed by atoms with van der Waals surface area (Å²) in [6.07, 6.45) is 25.4. The lowest BCUT2D eigenvalue weighted by molar-refractivity contribution is -0.191. The highest BCUT2D eigenvalue weighted by atomic mass is 16.6. The van der Waals surface area contributed by atoms with Crippen LogP contribution in [0.15, 0.2) is 0 Å². The smallest absolute Gasteiger partial charge is 0.347 e. The van der Waals surface area contributed by atoms with Crippen molar-refractivity contribution in [1.29, 1.82) is 0 Å². The third kappa shape index (κ3) is 49.7. The quantitative estimate of drug-likeness (QED) is 0.0322. The first-order valence-electron chi connectivity index (χ1n) is 20.6. The highest BCUT2D eigenvalue weighted by Gasteiger charge is 2.32. The van der Waals surface area contributed by atoms with Crippen LogP contribution in [-0.2, 0) is 33.4 Å². The molecule has 0 spiro atoms. The van der Waals surface area contributed by atoms with Crippen molar-refractivity contribution in [3.05, 3.63) is 0 Å². The molecule has 4 unspecified atom stereocenters. The van der Waals surface area contributed by atoms with Gasteiger partial charge in [-0.1, -0.05) is 149 Å². The summed E-state index contributed by atoms with van der Waals surface area (Å²) in [6.45, 7) is 13.4. The minimum absolute atomic E-state index is 0.370. The summed E-state index contributed by atoms with van der Waals surface area (Å²) in [5.74, 6) is -2.66. The second-order valence-corrected chi connectivity index (χ2v) is 13.5. The second-order valence-electron chi connectivity index (χ2n) is 13.5. The van der Waals surface area contributed by atoms with E-state index in [1.165, 1.54) is 150 Å². The first-order valence-corrected chi connectivity index (χ1v) is 20.6. The average Bonchev–Trinajstić information content (AvgIpc) is 3.12. The minimum Gasteiger partial charge on any atom is -0.479 e. The van der Waals surface area contributed by atoms with E-state index >= 15 is 0 Å². The van der Waals surface area contributed by atoms with Crippen LogP contribution in [0.25, 0.3) is 0 Å². The number of hydrogen-bond acceptors (Lipinski definition) is 11. The standard InChI is InChI=1S/C12H24O3.2C10H22O.C6H8O4.C3H6O3/c1-3-4-5-6-7-8-9-10-15-12(14)11(2)13;2*1-2-3-4-5-6-7-8-9-10-11;1-3-5(7)10-4(2)6(8)9-3;1-2(4)3(5)6/h11,13H,3-10H2,1-2H3;2*11H,2-10H2,1H3;3-4H,1-2H3;2,4H,1H3,(H,5,6). The molecule has 0 aliphatic carbocycles. The van der Waals surface area contributed by atoms with E-state index in [4.69, 9.17) is 30.3 Å². The number of aliphatic hydroxyl groups excluding tert-OH is 4. The van der Waals surface area contributed by atoms with E-state index in [1.807, 2.05) is 0 Å². The summed E-state index contributed by atoms with van der Waals surface area (Å²) in [5, 5.41) is 41.6. The lowest BCUT2D eigenvalue weighted by atomic mass is 10.1. The predicted molar refractivity (Wildman–Crippen MR) is 210 cm³/mol. The molecule has 1 saturated heterocycles. The Labute approximate surface area is 322 Å². The van der Waals surface area contributed by atoms with Crippen molar-refractivity contribution in [2.24, 2.45) is 0 Å². The molecular weight excluding hydrogens is 684 g/mol. The van der Waals surface area contributed by atoms with E-state index in [0.29, 0.717) is 19.8 Å². The highest BCUT2D eigenvalue weighted by Crippen LogP contribution is 2.10. The van der Waals surface area contributed by atoms with Crippen molar-refractivity contribution in [2.45, 2.75) is 221 Å². The maximum atomic E-state index is 10.8. The summed E-state index contributed by atoms with van der Waals surface area (Å²) in [7, 11) is 0. The second kappa shape index (κ2) is 45.9. The van der Waals surface area contributed by atoms with Crippen LogP contribution in [0, 0.1) is 0 Å². The van der Waals surface area contributed by atoms with Crippen molar-refractivity contribution in [3.63, 3.8) is 0 Å². The summed E-state index contributed by atoms with van der Waals surface area (Å²) in [5.41, 5.74) is 0. The molecule has 5 N–H and O–H groups in total. The van der Waals surface area contributed by atoms with E-state index in [2.05, 4.69) is 30.2 Å². The fourth-order valence-corrected chi connectivity index (χ4v) is 4.48. The van der Waals surface area contributed by atoms with Crippen molar-refractivity contribution in [1.82, 2.24) is 0 Å². The number of cyclic esters (lactones) is 2. The molecule has 1 fully saturated rings. The molecule has 0 aromatic heterocycles. The van der Waals surface area contributed by atoms with Crippen molar-refractivity contribution < 1.29 is 58.9 Å². The van der Waals surface area contributed by atoms with Crippen LogP contribution in [0.4, 0.5) is 0 Å². The van der Waals surface area contributed by atoms with Crippen molar-refractivity contribution in [3.8, 4) is 0 Å². The molecular formula is C41H82O12. The van der Waals surface area contributed by atoms with E-state index in [-0.39, 0.29) is 0 Å². The van der Waals surface area contributed by atoms with Crippen LogP contribution in [-0.4, -0.2) is 93.6 Å². The molecule has 1 rings (SSSR count). The van der Waals surface area contributed by atoms with E-state index in [9.17, 15) is 19.2 Å². The van der Waals surface area contributed by atoms with E-state index in [0.717, 1.165) is 25.7 Å². The van der Waals surface area contributed by atoms with Crippen LogP contribution < -0.4 is 0 Å². The predicted octanol–water partition coefficient (Wildman–Crippen LogP) is 8.22. The van der Waals surface area contributed by atoms with Gasteiger partial charge in [0.2, 0.25) is 0 Å². The number of carbonyl (C=O) groups is 4.